The van der Waals surface area contributed by atoms with Crippen molar-refractivity contribution in [2.75, 3.05) is 0 Å². The highest BCUT2D eigenvalue weighted by Gasteiger charge is 2.61. The molecule has 2 fully saturated rings. The Labute approximate surface area is 155 Å². The number of aliphatic hydroxyl groups excluding tert-OH is 3. The van der Waals surface area contributed by atoms with E-state index in [9.17, 15) is 20.4 Å². The maximum atomic E-state index is 11.2. The Morgan fingerprint density at radius 1 is 1.04 bits per heavy atom. The van der Waals surface area contributed by atoms with Crippen LogP contribution in [0.25, 0.3) is 0 Å². The fourth-order valence-corrected chi connectivity index (χ4v) is 4.68. The van der Waals surface area contributed by atoms with Crippen molar-refractivity contribution < 1.29 is 29.9 Å². The van der Waals surface area contributed by atoms with E-state index in [4.69, 9.17) is 9.47 Å². The molecule has 3 rings (SSSR count). The van der Waals surface area contributed by atoms with E-state index < -0.39 is 35.8 Å². The minimum Gasteiger partial charge on any atom is -0.390 e. The van der Waals surface area contributed by atoms with Gasteiger partial charge in [-0.25, -0.2) is 0 Å². The van der Waals surface area contributed by atoms with Gasteiger partial charge in [0.25, 0.3) is 0 Å². The quantitative estimate of drug-likeness (QED) is 0.481. The predicted octanol–water partition coefficient (Wildman–Crippen LogP) is 1.35. The maximum absolute atomic E-state index is 11.2. The molecule has 9 atom stereocenters. The lowest BCUT2D eigenvalue weighted by atomic mass is 9.78. The third kappa shape index (κ3) is 3.15. The molecule has 2 saturated heterocycles. The average Bonchev–Trinajstić information content (AvgIpc) is 2.99. The lowest BCUT2D eigenvalue weighted by Gasteiger charge is -2.51. The second kappa shape index (κ2) is 6.54. The lowest BCUT2D eigenvalue weighted by Crippen LogP contribution is -2.68. The zero-order valence-corrected chi connectivity index (χ0v) is 16.4. The minimum absolute atomic E-state index is 0.139. The zero-order chi connectivity index (χ0) is 19.5. The molecule has 4 N–H and O–H groups in total. The van der Waals surface area contributed by atoms with Crippen LogP contribution >= 0.6 is 0 Å². The van der Waals surface area contributed by atoms with Crippen LogP contribution < -0.4 is 0 Å². The summed E-state index contributed by atoms with van der Waals surface area (Å²) in [5.74, 6) is -2.71. The molecule has 0 aromatic heterocycles. The highest BCUT2D eigenvalue weighted by atomic mass is 16.7. The van der Waals surface area contributed by atoms with Crippen LogP contribution in [0.1, 0.15) is 53.9 Å². The second-order valence-corrected chi connectivity index (χ2v) is 9.46. The molecule has 0 unspecified atom stereocenters. The Kier molecular flexibility index (Phi) is 5.09. The molecule has 4 bridgehead atoms. The molecule has 6 heteroatoms. The molecule has 0 aromatic rings. The first kappa shape index (κ1) is 20.2. The summed E-state index contributed by atoms with van der Waals surface area (Å²) in [6.45, 7) is 9.59. The number of hydrogen-bond acceptors (Lipinski definition) is 6. The molecule has 3 heterocycles. The van der Waals surface area contributed by atoms with Gasteiger partial charge in [-0.05, 0) is 32.1 Å². The number of rotatable bonds is 0. The van der Waals surface area contributed by atoms with E-state index in [1.54, 1.807) is 13.8 Å². The van der Waals surface area contributed by atoms with E-state index in [-0.39, 0.29) is 23.4 Å². The van der Waals surface area contributed by atoms with E-state index in [1.165, 1.54) is 0 Å². The summed E-state index contributed by atoms with van der Waals surface area (Å²) in [5, 5.41) is 43.7. The molecule has 0 aromatic carbocycles. The first-order valence-corrected chi connectivity index (χ1v) is 9.72. The summed E-state index contributed by atoms with van der Waals surface area (Å²) in [4.78, 5) is 0. The van der Waals surface area contributed by atoms with Gasteiger partial charge in [-0.3, -0.25) is 0 Å². The van der Waals surface area contributed by atoms with Crippen LogP contribution in [0.5, 0.6) is 0 Å². The van der Waals surface area contributed by atoms with Gasteiger partial charge >= 0.3 is 0 Å². The third-order valence-corrected chi connectivity index (χ3v) is 6.77. The van der Waals surface area contributed by atoms with E-state index in [0.29, 0.717) is 12.8 Å². The number of hydrogen-bond donors (Lipinski definition) is 4. The molecular formula is C20H34O6. The van der Waals surface area contributed by atoms with Crippen LogP contribution in [0.2, 0.25) is 0 Å². The van der Waals surface area contributed by atoms with Gasteiger partial charge in [0.15, 0.2) is 0 Å². The zero-order valence-electron chi connectivity index (χ0n) is 16.4. The Hall–Kier alpha value is -0.500. The van der Waals surface area contributed by atoms with Crippen LogP contribution in [0, 0.1) is 17.3 Å². The van der Waals surface area contributed by atoms with Crippen molar-refractivity contribution in [3.05, 3.63) is 12.2 Å². The standard InChI is InChI=1S/C20H34O6/c1-11-6-8-18(3,4)14-7-9-19(5,26-14)17(23)20(24)16(22)12(2)10-13(25-20)15(11)21/h6,8,11-17,21-24H,7,9-10H2,1-5H3/b8-6+/t11-,12+,13+,14+,15+,16+,17-,19-,20+/m0/s1. The number of ether oxygens (including phenoxy) is 2. The van der Waals surface area contributed by atoms with Crippen LogP contribution in [0.4, 0.5) is 0 Å². The second-order valence-electron chi connectivity index (χ2n) is 9.46. The van der Waals surface area contributed by atoms with Crippen LogP contribution in [0.15, 0.2) is 12.2 Å². The van der Waals surface area contributed by atoms with Crippen LogP contribution in [-0.4, -0.2) is 62.3 Å². The topological polar surface area (TPSA) is 99.4 Å². The summed E-state index contributed by atoms with van der Waals surface area (Å²) in [7, 11) is 0. The molecule has 6 nitrogen and oxygen atoms in total. The van der Waals surface area contributed by atoms with Crippen LogP contribution in [-0.2, 0) is 9.47 Å². The third-order valence-electron chi connectivity index (χ3n) is 6.77. The Morgan fingerprint density at radius 2 is 1.69 bits per heavy atom. The minimum atomic E-state index is -2.18. The van der Waals surface area contributed by atoms with Gasteiger partial charge in [0, 0.05) is 11.3 Å². The normalized spacial score (nSPS) is 55.7. The fraction of sp³-hybridized carbons (Fsp3) is 0.900. The molecule has 0 radical (unpaired) electrons. The van der Waals surface area contributed by atoms with E-state index in [2.05, 4.69) is 19.9 Å². The molecule has 0 aliphatic carbocycles. The van der Waals surface area contributed by atoms with Gasteiger partial charge in [0.1, 0.15) is 12.2 Å². The van der Waals surface area contributed by atoms with Gasteiger partial charge in [0.05, 0.1) is 23.9 Å². The molecule has 3 aliphatic heterocycles. The molecule has 3 aliphatic rings. The summed E-state index contributed by atoms with van der Waals surface area (Å²) in [5.41, 5.74) is -1.32. The van der Waals surface area contributed by atoms with Crippen molar-refractivity contribution in [2.45, 2.75) is 95.8 Å². The van der Waals surface area contributed by atoms with Crippen molar-refractivity contribution >= 4 is 0 Å². The SMILES string of the molecule is C[C@@H]1C[C@H]2O[C@](O)([C@@H]1O)[C@@H](O)[C@]1(C)CC[C@@H](O1)C(C)(C)/C=C/[C@H](C)[C@H]2O. The summed E-state index contributed by atoms with van der Waals surface area (Å²) < 4.78 is 12.0. The molecule has 0 saturated carbocycles. The van der Waals surface area contributed by atoms with Gasteiger partial charge in [-0.15, -0.1) is 0 Å². The smallest absolute Gasteiger partial charge is 0.222 e. The van der Waals surface area contributed by atoms with Gasteiger partial charge in [-0.2, -0.15) is 0 Å². The summed E-state index contributed by atoms with van der Waals surface area (Å²) >= 11 is 0. The molecular weight excluding hydrogens is 336 g/mol. The monoisotopic (exact) mass is 370 g/mol. The maximum Gasteiger partial charge on any atom is 0.222 e. The highest BCUT2D eigenvalue weighted by Crippen LogP contribution is 2.47. The van der Waals surface area contributed by atoms with E-state index >= 15 is 0 Å². The lowest BCUT2D eigenvalue weighted by molar-refractivity contribution is -0.376. The fourth-order valence-electron chi connectivity index (χ4n) is 4.68. The summed E-state index contributed by atoms with van der Waals surface area (Å²) in [6, 6.07) is 0. The Bertz CT molecular complexity index is 563. The van der Waals surface area contributed by atoms with E-state index in [1.807, 2.05) is 13.0 Å². The van der Waals surface area contributed by atoms with Gasteiger partial charge in [0.2, 0.25) is 5.79 Å². The van der Waals surface area contributed by atoms with Crippen molar-refractivity contribution in [3.63, 3.8) is 0 Å². The van der Waals surface area contributed by atoms with Crippen LogP contribution in [0.3, 0.4) is 0 Å². The molecule has 26 heavy (non-hydrogen) atoms. The first-order chi connectivity index (χ1) is 11.9. The molecule has 0 spiro atoms. The van der Waals surface area contributed by atoms with Crippen molar-refractivity contribution in [2.24, 2.45) is 17.3 Å². The molecule has 150 valence electrons. The van der Waals surface area contributed by atoms with Crippen molar-refractivity contribution in [3.8, 4) is 0 Å². The number of fused-ring (bicyclic) bond motifs is 4. The van der Waals surface area contributed by atoms with Gasteiger partial charge < -0.3 is 29.9 Å². The highest BCUT2D eigenvalue weighted by molar-refractivity contribution is 5.10. The number of aliphatic hydroxyl groups is 4. The van der Waals surface area contributed by atoms with Crippen molar-refractivity contribution in [1.29, 1.82) is 0 Å². The largest absolute Gasteiger partial charge is 0.390 e. The summed E-state index contributed by atoms with van der Waals surface area (Å²) in [6.07, 6.45) is 1.36. The first-order valence-electron chi connectivity index (χ1n) is 9.72. The predicted molar refractivity (Wildman–Crippen MR) is 96.2 cm³/mol. The van der Waals surface area contributed by atoms with Crippen molar-refractivity contribution in [1.82, 2.24) is 0 Å². The Morgan fingerprint density at radius 3 is 2.35 bits per heavy atom. The Balaban J connectivity index is 2.06. The average molecular weight is 370 g/mol. The molecule has 0 amide bonds. The van der Waals surface area contributed by atoms with Gasteiger partial charge in [-0.1, -0.05) is 39.8 Å². The van der Waals surface area contributed by atoms with E-state index in [0.717, 1.165) is 6.42 Å².